The van der Waals surface area contributed by atoms with Crippen LogP contribution in [0.25, 0.3) is 33.5 Å². The van der Waals surface area contributed by atoms with E-state index in [0.717, 1.165) is 50.7 Å². The second-order valence-corrected chi connectivity index (χ2v) is 7.13. The highest BCUT2D eigenvalue weighted by molar-refractivity contribution is 5.82. The van der Waals surface area contributed by atoms with Crippen molar-refractivity contribution in [2.75, 3.05) is 11.5 Å². The van der Waals surface area contributed by atoms with E-state index >= 15 is 0 Å². The summed E-state index contributed by atoms with van der Waals surface area (Å²) in [6.45, 7) is 0. The van der Waals surface area contributed by atoms with Crippen molar-refractivity contribution < 1.29 is 4.74 Å². The van der Waals surface area contributed by atoms with Crippen LogP contribution < -0.4 is 16.2 Å². The van der Waals surface area contributed by atoms with Crippen LogP contribution in [-0.2, 0) is 0 Å². The van der Waals surface area contributed by atoms with Crippen LogP contribution in [0, 0.1) is 0 Å². The Morgan fingerprint density at radius 2 is 1.13 bits per heavy atom. The van der Waals surface area contributed by atoms with Gasteiger partial charge < -0.3 is 21.2 Å². The Labute approximate surface area is 174 Å². The number of imidazole rings is 1. The van der Waals surface area contributed by atoms with Gasteiger partial charge in [0.2, 0.25) is 0 Å². The molecule has 0 fully saturated rings. The number of hydrogen-bond acceptors (Lipinski definition) is 4. The van der Waals surface area contributed by atoms with Crippen molar-refractivity contribution in [3.8, 4) is 34.0 Å². The van der Waals surface area contributed by atoms with Gasteiger partial charge >= 0.3 is 0 Å². The Balaban J connectivity index is 1.35. The van der Waals surface area contributed by atoms with Gasteiger partial charge in [0.05, 0.1) is 11.0 Å². The molecule has 5 heteroatoms. The van der Waals surface area contributed by atoms with Gasteiger partial charge in [-0.05, 0) is 65.7 Å². The summed E-state index contributed by atoms with van der Waals surface area (Å²) in [5, 5.41) is 0. The minimum absolute atomic E-state index is 0.716. The van der Waals surface area contributed by atoms with Crippen LogP contribution in [-0.4, -0.2) is 9.97 Å². The van der Waals surface area contributed by atoms with Gasteiger partial charge in [-0.15, -0.1) is 0 Å². The number of nitrogen functional groups attached to an aromatic ring is 2. The van der Waals surface area contributed by atoms with Crippen molar-refractivity contribution in [1.29, 1.82) is 0 Å². The number of nitrogens with zero attached hydrogens (tertiary/aromatic N) is 1. The average molecular weight is 392 g/mol. The summed E-state index contributed by atoms with van der Waals surface area (Å²) in [7, 11) is 0. The molecule has 0 saturated carbocycles. The number of fused-ring (bicyclic) bond motifs is 1. The molecular weight excluding hydrogens is 372 g/mol. The van der Waals surface area contributed by atoms with Crippen molar-refractivity contribution in [3.05, 3.63) is 91.0 Å². The summed E-state index contributed by atoms with van der Waals surface area (Å²) in [6.07, 6.45) is 0. The van der Waals surface area contributed by atoms with E-state index in [1.165, 1.54) is 0 Å². The predicted molar refractivity (Wildman–Crippen MR) is 122 cm³/mol. The van der Waals surface area contributed by atoms with E-state index < -0.39 is 0 Å². The molecule has 5 nitrogen and oxygen atoms in total. The first-order valence-corrected chi connectivity index (χ1v) is 9.63. The van der Waals surface area contributed by atoms with E-state index in [9.17, 15) is 0 Å². The number of anilines is 2. The predicted octanol–water partition coefficient (Wildman–Crippen LogP) is 5.85. The van der Waals surface area contributed by atoms with Crippen LogP contribution in [0.3, 0.4) is 0 Å². The van der Waals surface area contributed by atoms with E-state index in [1.54, 1.807) is 0 Å². The lowest BCUT2D eigenvalue weighted by Crippen LogP contribution is -1.87. The molecule has 5 N–H and O–H groups in total. The number of aromatic amines is 1. The topological polar surface area (TPSA) is 89.9 Å². The Morgan fingerprint density at radius 1 is 0.600 bits per heavy atom. The highest BCUT2D eigenvalue weighted by Gasteiger charge is 2.07. The monoisotopic (exact) mass is 392 g/mol. The van der Waals surface area contributed by atoms with Gasteiger partial charge in [0.1, 0.15) is 17.3 Å². The third-order valence-corrected chi connectivity index (χ3v) is 4.97. The molecule has 1 heterocycles. The molecule has 146 valence electrons. The van der Waals surface area contributed by atoms with Crippen LogP contribution in [0.1, 0.15) is 0 Å². The zero-order chi connectivity index (χ0) is 20.5. The number of nitrogens with two attached hydrogens (primary N) is 2. The van der Waals surface area contributed by atoms with E-state index in [2.05, 4.69) is 34.2 Å². The first-order valence-electron chi connectivity index (χ1n) is 9.63. The molecule has 0 aliphatic heterocycles. The Bertz CT molecular complexity index is 1300. The molecule has 1 aromatic heterocycles. The SMILES string of the molecule is Nc1ccc(Oc2ccc(-c3ccc(-c4nc5ccc(N)cc5[nH]4)cc3)cc2)cc1. The first kappa shape index (κ1) is 17.8. The number of hydrogen-bond donors (Lipinski definition) is 3. The highest BCUT2D eigenvalue weighted by atomic mass is 16.5. The van der Waals surface area contributed by atoms with Crippen LogP contribution in [0.4, 0.5) is 11.4 Å². The van der Waals surface area contributed by atoms with E-state index in [1.807, 2.05) is 66.7 Å². The van der Waals surface area contributed by atoms with E-state index in [0.29, 0.717) is 5.69 Å². The molecule has 0 saturated heterocycles. The quantitative estimate of drug-likeness (QED) is 0.334. The lowest BCUT2D eigenvalue weighted by atomic mass is 10.0. The molecule has 30 heavy (non-hydrogen) atoms. The minimum Gasteiger partial charge on any atom is -0.457 e. The summed E-state index contributed by atoms with van der Waals surface area (Å²) in [6, 6.07) is 29.4. The zero-order valence-corrected chi connectivity index (χ0v) is 16.2. The van der Waals surface area contributed by atoms with Gasteiger partial charge in [-0.3, -0.25) is 0 Å². The number of aromatic nitrogens is 2. The number of ether oxygens (including phenoxy) is 1. The van der Waals surface area contributed by atoms with Crippen molar-refractivity contribution in [1.82, 2.24) is 9.97 Å². The third kappa shape index (κ3) is 3.56. The molecule has 0 spiro atoms. The van der Waals surface area contributed by atoms with Crippen LogP contribution in [0.5, 0.6) is 11.5 Å². The van der Waals surface area contributed by atoms with Gasteiger partial charge in [0.25, 0.3) is 0 Å². The van der Waals surface area contributed by atoms with Crippen molar-refractivity contribution in [2.45, 2.75) is 0 Å². The number of H-pyrrole nitrogens is 1. The van der Waals surface area contributed by atoms with Crippen LogP contribution in [0.2, 0.25) is 0 Å². The van der Waals surface area contributed by atoms with Gasteiger partial charge in [-0.1, -0.05) is 36.4 Å². The number of benzene rings is 4. The fourth-order valence-electron chi connectivity index (χ4n) is 3.37. The van der Waals surface area contributed by atoms with Crippen molar-refractivity contribution >= 4 is 22.4 Å². The number of rotatable bonds is 4. The normalized spacial score (nSPS) is 10.9. The smallest absolute Gasteiger partial charge is 0.138 e. The molecule has 0 aliphatic rings. The Morgan fingerprint density at radius 3 is 1.80 bits per heavy atom. The summed E-state index contributed by atoms with van der Waals surface area (Å²) < 4.78 is 5.86. The van der Waals surface area contributed by atoms with Crippen LogP contribution >= 0.6 is 0 Å². The maximum absolute atomic E-state index is 5.86. The summed E-state index contributed by atoms with van der Waals surface area (Å²) >= 11 is 0. The van der Waals surface area contributed by atoms with Crippen molar-refractivity contribution in [2.24, 2.45) is 0 Å². The molecule has 5 rings (SSSR count). The van der Waals surface area contributed by atoms with Gasteiger partial charge in [0.15, 0.2) is 0 Å². The summed E-state index contributed by atoms with van der Waals surface area (Å²) in [5.74, 6) is 2.37. The van der Waals surface area contributed by atoms with Gasteiger partial charge in [-0.25, -0.2) is 4.98 Å². The molecular formula is C25H20N4O. The Hall–Kier alpha value is -4.25. The third-order valence-electron chi connectivity index (χ3n) is 4.97. The summed E-state index contributed by atoms with van der Waals surface area (Å²) in [5.41, 5.74) is 18.1. The Kier molecular flexibility index (Phi) is 4.33. The molecule has 4 aromatic carbocycles. The summed E-state index contributed by atoms with van der Waals surface area (Å²) in [4.78, 5) is 7.98. The fraction of sp³-hybridized carbons (Fsp3) is 0. The molecule has 0 radical (unpaired) electrons. The minimum atomic E-state index is 0.716. The van der Waals surface area contributed by atoms with Gasteiger partial charge in [-0.2, -0.15) is 0 Å². The average Bonchev–Trinajstić information content (AvgIpc) is 3.19. The van der Waals surface area contributed by atoms with E-state index in [4.69, 9.17) is 16.2 Å². The maximum atomic E-state index is 5.86. The molecule has 5 aromatic rings. The molecule has 0 amide bonds. The molecule has 0 atom stereocenters. The maximum Gasteiger partial charge on any atom is 0.138 e. The zero-order valence-electron chi connectivity index (χ0n) is 16.2. The lowest BCUT2D eigenvalue weighted by molar-refractivity contribution is 0.483. The van der Waals surface area contributed by atoms with Gasteiger partial charge in [0, 0.05) is 16.9 Å². The molecule has 0 unspecified atom stereocenters. The second kappa shape index (κ2) is 7.29. The van der Waals surface area contributed by atoms with Crippen LogP contribution in [0.15, 0.2) is 91.0 Å². The standard InChI is InChI=1S/C25H20N4O/c26-19-7-12-22(13-8-19)30-21-10-5-17(6-11-21)16-1-3-18(4-2-16)25-28-23-14-9-20(27)15-24(23)29-25/h1-15H,26-27H2,(H,28,29). The number of nitrogens with one attached hydrogen (secondary N) is 1. The largest absolute Gasteiger partial charge is 0.457 e. The van der Waals surface area contributed by atoms with E-state index in [-0.39, 0.29) is 0 Å². The molecule has 0 bridgehead atoms. The molecule has 0 aliphatic carbocycles. The lowest BCUT2D eigenvalue weighted by Gasteiger charge is -2.08. The fourth-order valence-corrected chi connectivity index (χ4v) is 3.37. The van der Waals surface area contributed by atoms with Crippen molar-refractivity contribution in [3.63, 3.8) is 0 Å². The highest BCUT2D eigenvalue weighted by Crippen LogP contribution is 2.28. The first-order chi connectivity index (χ1) is 14.6. The second-order valence-electron chi connectivity index (χ2n) is 7.13.